The van der Waals surface area contributed by atoms with Gasteiger partial charge in [0.1, 0.15) is 4.21 Å². The van der Waals surface area contributed by atoms with Crippen molar-refractivity contribution in [3.8, 4) is 0 Å². The third-order valence-electron chi connectivity index (χ3n) is 5.37. The molecule has 1 saturated heterocycles. The molecule has 3 rings (SSSR count). The number of hydrogen-bond acceptors (Lipinski definition) is 7. The van der Waals surface area contributed by atoms with Crippen molar-refractivity contribution >= 4 is 37.3 Å². The van der Waals surface area contributed by atoms with Crippen LogP contribution in [0.3, 0.4) is 0 Å². The van der Waals surface area contributed by atoms with Crippen molar-refractivity contribution in [3.63, 3.8) is 0 Å². The van der Waals surface area contributed by atoms with E-state index >= 15 is 0 Å². The number of thiophene rings is 1. The standard InChI is InChI=1S/C18H23F3N4O5S3/c1-17(26,18(19,20)21)13-4-6-14(7-5-13)25-9-8-24(12-15(25)11-23-33(22,29)30)32(27,28)16-3-2-10-31-16/h2-7,10,15,23,26H,8-9,11-12H2,1H3,(H2,22,29,30)/t15-,17-/m1/s1. The second kappa shape index (κ2) is 9.13. The Balaban J connectivity index is 1.87. The number of aliphatic hydroxyl groups is 1. The van der Waals surface area contributed by atoms with E-state index in [0.717, 1.165) is 23.5 Å². The van der Waals surface area contributed by atoms with Crippen LogP contribution in [0, 0.1) is 0 Å². The van der Waals surface area contributed by atoms with Crippen LogP contribution in [0.25, 0.3) is 0 Å². The number of anilines is 1. The Morgan fingerprint density at radius 2 is 1.79 bits per heavy atom. The predicted octanol–water partition coefficient (Wildman–Crippen LogP) is 1.19. The Kier molecular flexibility index (Phi) is 7.15. The van der Waals surface area contributed by atoms with Crippen LogP contribution in [0.4, 0.5) is 18.9 Å². The first-order valence-corrected chi connectivity index (χ1v) is 13.5. The molecule has 4 N–H and O–H groups in total. The number of hydrogen-bond donors (Lipinski definition) is 3. The predicted molar refractivity (Wildman–Crippen MR) is 117 cm³/mol. The molecular formula is C18H23F3N4O5S3. The van der Waals surface area contributed by atoms with Gasteiger partial charge in [-0.1, -0.05) is 18.2 Å². The largest absolute Gasteiger partial charge is 0.421 e. The van der Waals surface area contributed by atoms with Gasteiger partial charge in [0.2, 0.25) is 0 Å². The molecule has 33 heavy (non-hydrogen) atoms. The molecule has 1 aromatic heterocycles. The lowest BCUT2D eigenvalue weighted by Crippen LogP contribution is -2.58. The monoisotopic (exact) mass is 528 g/mol. The first-order valence-electron chi connectivity index (χ1n) is 9.60. The molecule has 2 aromatic rings. The number of nitrogens with one attached hydrogen (secondary N) is 1. The van der Waals surface area contributed by atoms with Crippen molar-refractivity contribution in [2.75, 3.05) is 31.1 Å². The van der Waals surface area contributed by atoms with Crippen LogP contribution in [-0.2, 0) is 25.8 Å². The summed E-state index contributed by atoms with van der Waals surface area (Å²) in [7, 11) is -7.86. The van der Waals surface area contributed by atoms with Crippen LogP contribution in [0.5, 0.6) is 0 Å². The Labute approximate surface area is 193 Å². The molecule has 1 fully saturated rings. The molecule has 0 unspecified atom stereocenters. The molecule has 1 aliphatic rings. The van der Waals surface area contributed by atoms with Crippen LogP contribution in [0.2, 0.25) is 0 Å². The highest BCUT2D eigenvalue weighted by molar-refractivity contribution is 7.91. The second-order valence-corrected chi connectivity index (χ2v) is 12.1. The lowest BCUT2D eigenvalue weighted by Gasteiger charge is -2.42. The van der Waals surface area contributed by atoms with Crippen LogP contribution < -0.4 is 14.8 Å². The van der Waals surface area contributed by atoms with Gasteiger partial charge in [-0.05, 0) is 36.1 Å². The van der Waals surface area contributed by atoms with Crippen LogP contribution in [-0.4, -0.2) is 64.6 Å². The third kappa shape index (κ3) is 5.67. The minimum Gasteiger partial charge on any atom is -0.376 e. The SMILES string of the molecule is C[C@@](O)(c1ccc(N2CCN(S(=O)(=O)c3cccs3)C[C@H]2CNS(N)(=O)=O)cc1)C(F)(F)F. The number of nitrogens with zero attached hydrogens (tertiary/aromatic N) is 2. The number of alkyl halides is 3. The van der Waals surface area contributed by atoms with Gasteiger partial charge < -0.3 is 10.0 Å². The summed E-state index contributed by atoms with van der Waals surface area (Å²) in [6, 6.07) is 7.36. The van der Waals surface area contributed by atoms with Gasteiger partial charge in [-0.2, -0.15) is 25.9 Å². The zero-order chi connectivity index (χ0) is 24.7. The number of piperazine rings is 1. The first-order chi connectivity index (χ1) is 15.1. The van der Waals surface area contributed by atoms with Crippen LogP contribution in [0.1, 0.15) is 12.5 Å². The van der Waals surface area contributed by atoms with Gasteiger partial charge in [0.15, 0.2) is 5.60 Å². The van der Waals surface area contributed by atoms with Crippen LogP contribution >= 0.6 is 11.3 Å². The molecule has 0 amide bonds. The lowest BCUT2D eigenvalue weighted by molar-refractivity contribution is -0.258. The van der Waals surface area contributed by atoms with E-state index in [1.807, 2.05) is 0 Å². The maximum absolute atomic E-state index is 13.1. The van der Waals surface area contributed by atoms with E-state index in [0.29, 0.717) is 12.6 Å². The zero-order valence-corrected chi connectivity index (χ0v) is 19.8. The van der Waals surface area contributed by atoms with Crippen molar-refractivity contribution in [2.45, 2.75) is 29.0 Å². The smallest absolute Gasteiger partial charge is 0.376 e. The molecule has 0 radical (unpaired) electrons. The van der Waals surface area contributed by atoms with E-state index in [9.17, 15) is 35.1 Å². The fourth-order valence-corrected chi connectivity index (χ4v) is 6.49. The van der Waals surface area contributed by atoms with E-state index in [4.69, 9.17) is 5.14 Å². The van der Waals surface area contributed by atoms with Gasteiger partial charge in [-0.15, -0.1) is 11.3 Å². The number of sulfonamides is 1. The van der Waals surface area contributed by atoms with Crippen molar-refractivity contribution in [3.05, 3.63) is 47.3 Å². The van der Waals surface area contributed by atoms with E-state index < -0.39 is 38.1 Å². The molecule has 184 valence electrons. The molecule has 0 bridgehead atoms. The third-order valence-corrected chi connectivity index (χ3v) is 9.18. The molecular weight excluding hydrogens is 505 g/mol. The Bertz CT molecular complexity index is 1170. The molecule has 0 aliphatic carbocycles. The summed E-state index contributed by atoms with van der Waals surface area (Å²) in [5.74, 6) is 0. The van der Waals surface area contributed by atoms with E-state index in [1.54, 1.807) is 16.3 Å². The molecule has 2 atom stereocenters. The minimum absolute atomic E-state index is 0.0775. The van der Waals surface area contributed by atoms with Crippen molar-refractivity contribution in [1.82, 2.24) is 9.03 Å². The summed E-state index contributed by atoms with van der Waals surface area (Å²) in [5.41, 5.74) is -2.98. The Hall–Kier alpha value is -1.75. The summed E-state index contributed by atoms with van der Waals surface area (Å²) in [4.78, 5) is 1.69. The molecule has 0 saturated carbocycles. The van der Waals surface area contributed by atoms with Gasteiger partial charge in [-0.25, -0.2) is 18.3 Å². The number of rotatable bonds is 7. The topological polar surface area (TPSA) is 133 Å². The quantitative estimate of drug-likeness (QED) is 0.495. The molecule has 2 heterocycles. The fourth-order valence-electron chi connectivity index (χ4n) is 3.45. The van der Waals surface area contributed by atoms with Gasteiger partial charge >= 0.3 is 6.18 Å². The average Bonchev–Trinajstić information content (AvgIpc) is 3.26. The summed E-state index contributed by atoms with van der Waals surface area (Å²) < 4.78 is 91.5. The van der Waals surface area contributed by atoms with Crippen molar-refractivity contribution in [1.29, 1.82) is 0 Å². The zero-order valence-electron chi connectivity index (χ0n) is 17.4. The normalized spacial score (nSPS) is 20.5. The molecule has 0 spiro atoms. The summed E-state index contributed by atoms with van der Waals surface area (Å²) >= 11 is 1.06. The van der Waals surface area contributed by atoms with Gasteiger partial charge in [0, 0.05) is 31.9 Å². The van der Waals surface area contributed by atoms with Crippen molar-refractivity contribution in [2.24, 2.45) is 5.14 Å². The number of benzene rings is 1. The highest BCUT2D eigenvalue weighted by Gasteiger charge is 2.51. The molecule has 15 heteroatoms. The van der Waals surface area contributed by atoms with Crippen molar-refractivity contribution < 1.29 is 35.1 Å². The highest BCUT2D eigenvalue weighted by Crippen LogP contribution is 2.39. The lowest BCUT2D eigenvalue weighted by atomic mass is 9.95. The van der Waals surface area contributed by atoms with Gasteiger partial charge in [0.05, 0.1) is 6.04 Å². The average molecular weight is 529 g/mol. The number of halogens is 3. The summed E-state index contributed by atoms with van der Waals surface area (Å²) in [6.45, 7) is 0.571. The molecule has 9 nitrogen and oxygen atoms in total. The van der Waals surface area contributed by atoms with E-state index in [1.165, 1.54) is 22.5 Å². The summed E-state index contributed by atoms with van der Waals surface area (Å²) in [6.07, 6.45) is -4.88. The Morgan fingerprint density at radius 1 is 1.15 bits per heavy atom. The second-order valence-electron chi connectivity index (χ2n) is 7.65. The minimum atomic E-state index is -4.88. The first kappa shape index (κ1) is 25.9. The number of nitrogens with two attached hydrogens (primary N) is 1. The highest BCUT2D eigenvalue weighted by atomic mass is 32.2. The maximum Gasteiger partial charge on any atom is 0.421 e. The van der Waals surface area contributed by atoms with Crippen LogP contribution in [0.15, 0.2) is 46.0 Å². The summed E-state index contributed by atoms with van der Waals surface area (Å²) in [5, 5.41) is 16.5. The molecule has 1 aromatic carbocycles. The van der Waals surface area contributed by atoms with E-state index in [2.05, 4.69) is 4.72 Å². The van der Waals surface area contributed by atoms with Gasteiger partial charge in [0.25, 0.3) is 20.2 Å². The Morgan fingerprint density at radius 3 is 2.30 bits per heavy atom. The fraction of sp³-hybridized carbons (Fsp3) is 0.444. The van der Waals surface area contributed by atoms with E-state index in [-0.39, 0.29) is 36.0 Å². The molecule has 1 aliphatic heterocycles. The van der Waals surface area contributed by atoms with Gasteiger partial charge in [-0.3, -0.25) is 0 Å². The maximum atomic E-state index is 13.1.